The van der Waals surface area contributed by atoms with Crippen LogP contribution in [-0.4, -0.2) is 56.7 Å². The number of aliphatic imine (C=N–C) groups is 1. The Morgan fingerprint density at radius 3 is 2.66 bits per heavy atom. The van der Waals surface area contributed by atoms with Gasteiger partial charge in [-0.3, -0.25) is 4.99 Å². The zero-order valence-electron chi connectivity index (χ0n) is 26.1. The summed E-state index contributed by atoms with van der Waals surface area (Å²) in [4.78, 5) is 7.87. The molecule has 1 aromatic carbocycles. The number of para-hydroxylation sites is 1. The molecule has 7 heteroatoms. The summed E-state index contributed by atoms with van der Waals surface area (Å²) in [5.74, 6) is 7.60. The van der Waals surface area contributed by atoms with Crippen molar-refractivity contribution in [3.05, 3.63) is 47.7 Å². The van der Waals surface area contributed by atoms with Gasteiger partial charge in [0.25, 0.3) is 0 Å². The highest BCUT2D eigenvalue weighted by molar-refractivity contribution is 5.80. The van der Waals surface area contributed by atoms with Gasteiger partial charge in [-0.15, -0.1) is 0 Å². The highest BCUT2D eigenvalue weighted by Gasteiger charge is 2.71. The molecule has 0 saturated heterocycles. The fraction of sp³-hybridized carbons (Fsp3) is 0.649. The molecule has 2 spiro atoms. The Morgan fingerprint density at radius 1 is 1.09 bits per heavy atom. The molecule has 7 aliphatic carbocycles. The lowest BCUT2D eigenvalue weighted by molar-refractivity contribution is -0.128. The predicted octanol–water partition coefficient (Wildman–Crippen LogP) is 4.42. The molecule has 234 valence electrons. The lowest BCUT2D eigenvalue weighted by Gasteiger charge is -2.58. The van der Waals surface area contributed by atoms with E-state index in [4.69, 9.17) is 5.73 Å². The number of fused-ring (bicyclic) bond motifs is 2. The minimum absolute atomic E-state index is 0.0903. The maximum Gasteiger partial charge on any atom is 0.189 e. The van der Waals surface area contributed by atoms with Crippen molar-refractivity contribution in [2.24, 2.45) is 51.1 Å². The average Bonchev–Trinajstić information content (AvgIpc) is 3.67. The number of aliphatic hydroxyl groups excluding tert-OH is 1. The summed E-state index contributed by atoms with van der Waals surface area (Å²) >= 11 is 0. The van der Waals surface area contributed by atoms with Gasteiger partial charge in [0.15, 0.2) is 5.96 Å². The molecule has 7 aliphatic rings. The van der Waals surface area contributed by atoms with E-state index in [1.54, 1.807) is 7.05 Å². The second kappa shape index (κ2) is 9.85. The second-order valence-electron chi connectivity index (χ2n) is 15.6. The maximum atomic E-state index is 12.8. The number of H-pyrrole nitrogens is 1. The number of hydrogen-bond acceptors (Lipinski definition) is 4. The van der Waals surface area contributed by atoms with Crippen LogP contribution < -0.4 is 11.1 Å². The zero-order chi connectivity index (χ0) is 30.5. The van der Waals surface area contributed by atoms with Crippen LogP contribution in [0.4, 0.5) is 0 Å². The quantitative estimate of drug-likeness (QED) is 0.135. The molecule has 5 saturated carbocycles. The summed E-state index contributed by atoms with van der Waals surface area (Å²) in [6.07, 6.45) is 11.9. The van der Waals surface area contributed by atoms with Gasteiger partial charge in [0.05, 0.1) is 23.3 Å². The van der Waals surface area contributed by atoms with Crippen LogP contribution in [0.1, 0.15) is 76.8 Å². The predicted molar refractivity (Wildman–Crippen MR) is 172 cm³/mol. The number of rotatable bonds is 3. The molecule has 0 aliphatic heterocycles. The third-order valence-electron chi connectivity index (χ3n) is 13.6. The van der Waals surface area contributed by atoms with Crippen LogP contribution in [0.3, 0.4) is 0 Å². The van der Waals surface area contributed by atoms with E-state index in [2.05, 4.69) is 63.5 Å². The Morgan fingerprint density at radius 2 is 1.89 bits per heavy atom. The van der Waals surface area contributed by atoms with Gasteiger partial charge in [0, 0.05) is 42.4 Å². The molecule has 4 bridgehead atoms. The molecular formula is C37H48N4O3. The van der Waals surface area contributed by atoms with Crippen molar-refractivity contribution in [2.75, 3.05) is 7.05 Å². The van der Waals surface area contributed by atoms with E-state index < -0.39 is 23.3 Å². The van der Waals surface area contributed by atoms with Crippen molar-refractivity contribution in [3.63, 3.8) is 0 Å². The van der Waals surface area contributed by atoms with Gasteiger partial charge in [-0.2, -0.15) is 0 Å². The van der Waals surface area contributed by atoms with E-state index in [-0.39, 0.29) is 52.8 Å². The molecule has 2 aromatic rings. The topological polar surface area (TPSA) is 127 Å². The molecule has 44 heavy (non-hydrogen) atoms. The number of allylic oxidation sites excluding steroid dienone is 2. The number of aliphatic hydroxyl groups is 3. The lowest BCUT2D eigenvalue weighted by Crippen LogP contribution is -2.56. The first-order chi connectivity index (χ1) is 21.1. The van der Waals surface area contributed by atoms with Crippen molar-refractivity contribution in [1.29, 1.82) is 0 Å². The van der Waals surface area contributed by atoms with Crippen LogP contribution in [0, 0.1) is 52.3 Å². The highest BCUT2D eigenvalue weighted by Crippen LogP contribution is 2.71. The first-order valence-corrected chi connectivity index (χ1v) is 17.0. The van der Waals surface area contributed by atoms with Crippen molar-refractivity contribution in [2.45, 2.75) is 101 Å². The van der Waals surface area contributed by atoms with Crippen molar-refractivity contribution >= 4 is 16.9 Å². The first-order valence-electron chi connectivity index (χ1n) is 17.0. The molecule has 7 N–H and O–H groups in total. The number of nitrogens with zero attached hydrogens (tertiary/aromatic N) is 1. The summed E-state index contributed by atoms with van der Waals surface area (Å²) in [5.41, 5.74) is 7.47. The molecule has 0 radical (unpaired) electrons. The third kappa shape index (κ3) is 4.03. The van der Waals surface area contributed by atoms with E-state index >= 15 is 0 Å². The largest absolute Gasteiger partial charge is 0.390 e. The normalized spacial score (nSPS) is 43.8. The van der Waals surface area contributed by atoms with Crippen LogP contribution >= 0.6 is 0 Å². The highest BCUT2D eigenvalue weighted by atomic mass is 16.3. The Labute approximate surface area is 260 Å². The van der Waals surface area contributed by atoms with Crippen LogP contribution in [0.2, 0.25) is 0 Å². The molecule has 1 heterocycles. The molecule has 10 unspecified atom stereocenters. The fourth-order valence-corrected chi connectivity index (χ4v) is 11.6. The first kappa shape index (κ1) is 28.7. The molecule has 1 aromatic heterocycles. The number of hydrogen-bond donors (Lipinski definition) is 6. The Hall–Kier alpha value is -2.79. The van der Waals surface area contributed by atoms with Crippen molar-refractivity contribution in [1.82, 2.24) is 10.3 Å². The summed E-state index contributed by atoms with van der Waals surface area (Å²) in [6.45, 7) is 2.00. The van der Waals surface area contributed by atoms with Gasteiger partial charge in [0.2, 0.25) is 0 Å². The zero-order valence-corrected chi connectivity index (χ0v) is 26.1. The Kier molecular flexibility index (Phi) is 6.42. The fourth-order valence-electron chi connectivity index (χ4n) is 11.6. The second-order valence-corrected chi connectivity index (χ2v) is 15.6. The van der Waals surface area contributed by atoms with Gasteiger partial charge in [0.1, 0.15) is 0 Å². The van der Waals surface area contributed by atoms with E-state index in [0.29, 0.717) is 6.42 Å². The SMILES string of the molecule is CN=C(N)NC1C#CC2CC3(C=C(Cc4cc5ccccc5[nH]4)C24CC2CCC4C4C(CC(O)C4(O)C1)C2(C)O)CCCC3. The number of aromatic nitrogens is 1. The molecule has 9 rings (SSSR count). The Balaban J connectivity index is 1.36. The minimum Gasteiger partial charge on any atom is -0.390 e. The molecule has 7 nitrogen and oxygen atoms in total. The van der Waals surface area contributed by atoms with Gasteiger partial charge < -0.3 is 31.4 Å². The number of aromatic amines is 1. The summed E-state index contributed by atoms with van der Waals surface area (Å²) in [7, 11) is 1.65. The molecule has 5 fully saturated rings. The number of nitrogens with one attached hydrogen (secondary N) is 2. The minimum atomic E-state index is -1.39. The van der Waals surface area contributed by atoms with Gasteiger partial charge in [-0.1, -0.05) is 54.5 Å². The van der Waals surface area contributed by atoms with Crippen LogP contribution in [0.25, 0.3) is 10.9 Å². The average molecular weight is 597 g/mol. The van der Waals surface area contributed by atoms with Gasteiger partial charge in [-0.05, 0) is 98.5 Å². The Bertz CT molecular complexity index is 1560. The van der Waals surface area contributed by atoms with Crippen LogP contribution in [0.5, 0.6) is 0 Å². The number of nitrogens with two attached hydrogens (primary N) is 1. The standard InChI is InChI=1S/C37H48N4O3/c1-34(43)23-10-12-28-32-29(34)17-31(42)37(32,44)21-26(41-33(38)39-2)11-9-24-18-35(13-5-6-14-35)19-25(36(24,28)20-23)16-27-15-22-7-3-4-8-30(22)40-27/h3-4,7-8,15,19,23-24,26,28-29,31-32,40,42-44H,5-6,10,12-14,16-18,20-21H2,1-2H3,(H3,38,39,41). The van der Waals surface area contributed by atoms with Gasteiger partial charge >= 0.3 is 0 Å². The summed E-state index contributed by atoms with van der Waals surface area (Å²) in [5, 5.41) is 41.4. The molecule has 0 amide bonds. The van der Waals surface area contributed by atoms with Gasteiger partial charge in [-0.25, -0.2) is 0 Å². The number of guanidine groups is 1. The lowest BCUT2D eigenvalue weighted by atomic mass is 9.46. The van der Waals surface area contributed by atoms with E-state index in [9.17, 15) is 15.3 Å². The number of benzene rings is 1. The third-order valence-corrected chi connectivity index (χ3v) is 13.6. The molecular weight excluding hydrogens is 548 g/mol. The molecule has 10 atom stereocenters. The van der Waals surface area contributed by atoms with Crippen LogP contribution in [0.15, 0.2) is 47.0 Å². The monoisotopic (exact) mass is 596 g/mol. The van der Waals surface area contributed by atoms with E-state index in [0.717, 1.165) is 37.6 Å². The maximum absolute atomic E-state index is 12.8. The summed E-state index contributed by atoms with van der Waals surface area (Å²) < 4.78 is 0. The smallest absolute Gasteiger partial charge is 0.189 e. The summed E-state index contributed by atoms with van der Waals surface area (Å²) in [6, 6.07) is 10.3. The van der Waals surface area contributed by atoms with E-state index in [1.807, 2.05) is 6.92 Å². The van der Waals surface area contributed by atoms with E-state index in [1.165, 1.54) is 42.3 Å². The van der Waals surface area contributed by atoms with Crippen molar-refractivity contribution < 1.29 is 15.3 Å². The van der Waals surface area contributed by atoms with Crippen LogP contribution in [-0.2, 0) is 6.42 Å². The van der Waals surface area contributed by atoms with Crippen molar-refractivity contribution in [3.8, 4) is 11.8 Å².